The van der Waals surface area contributed by atoms with E-state index in [4.69, 9.17) is 4.98 Å². The lowest BCUT2D eigenvalue weighted by molar-refractivity contribution is -0.00543. The molecule has 0 radical (unpaired) electrons. The Bertz CT molecular complexity index is 450. The van der Waals surface area contributed by atoms with E-state index < -0.39 is 0 Å². The quantitative estimate of drug-likeness (QED) is 0.813. The van der Waals surface area contributed by atoms with Crippen LogP contribution in [0.15, 0.2) is 0 Å². The number of H-pyrrole nitrogens is 1. The normalized spacial score (nSPS) is 43.5. The Hall–Kier alpha value is -0.790. The lowest BCUT2D eigenvalue weighted by Crippen LogP contribution is -2.44. The molecule has 0 spiro atoms. The average Bonchev–Trinajstić information content (AvgIpc) is 2.80. The predicted octanol–water partition coefficient (Wildman–Crippen LogP) is 3.83. The van der Waals surface area contributed by atoms with Crippen LogP contribution in [0.25, 0.3) is 0 Å². The smallest absolute Gasteiger partial charge is 0.110 e. The first kappa shape index (κ1) is 10.9. The minimum absolute atomic E-state index is 0.790. The largest absolute Gasteiger partial charge is 0.345 e. The molecule has 102 valence electrons. The zero-order chi connectivity index (χ0) is 12.4. The zero-order valence-electron chi connectivity index (χ0n) is 11.7. The van der Waals surface area contributed by atoms with Gasteiger partial charge in [-0.25, -0.2) is 4.98 Å². The monoisotopic (exact) mass is 256 g/mol. The third-order valence-corrected chi connectivity index (χ3v) is 6.52. The molecule has 0 aliphatic heterocycles. The molecular weight excluding hydrogens is 232 g/mol. The molecule has 1 heterocycles. The first-order valence-electron chi connectivity index (χ1n) is 8.44. The van der Waals surface area contributed by atoms with Gasteiger partial charge in [0.2, 0.25) is 0 Å². The van der Waals surface area contributed by atoms with Crippen molar-refractivity contribution in [2.45, 2.75) is 63.7 Å². The number of aromatic nitrogens is 2. The number of imidazole rings is 1. The van der Waals surface area contributed by atoms with Gasteiger partial charge in [0, 0.05) is 11.6 Å². The van der Waals surface area contributed by atoms with Crippen molar-refractivity contribution in [2.24, 2.45) is 23.7 Å². The molecule has 4 bridgehead atoms. The number of nitrogens with one attached hydrogen (secondary N) is 1. The molecule has 1 N–H and O–H groups in total. The van der Waals surface area contributed by atoms with Gasteiger partial charge in [0.15, 0.2) is 0 Å². The molecule has 4 fully saturated rings. The summed E-state index contributed by atoms with van der Waals surface area (Å²) in [7, 11) is 0. The highest BCUT2D eigenvalue weighted by molar-refractivity contribution is 5.22. The number of hydrogen-bond acceptors (Lipinski definition) is 1. The van der Waals surface area contributed by atoms with Crippen LogP contribution in [0.2, 0.25) is 0 Å². The number of nitrogens with zero attached hydrogens (tertiary/aromatic N) is 1. The summed E-state index contributed by atoms with van der Waals surface area (Å²) in [6.45, 7) is 0. The molecule has 2 nitrogen and oxygen atoms in total. The molecule has 0 atom stereocenters. The second-order valence-corrected chi connectivity index (χ2v) is 7.71. The van der Waals surface area contributed by atoms with Crippen molar-refractivity contribution in [3.63, 3.8) is 0 Å². The number of aryl methyl sites for hydroxylation is 2. The van der Waals surface area contributed by atoms with E-state index in [-0.39, 0.29) is 0 Å². The molecule has 2 heteroatoms. The highest BCUT2D eigenvalue weighted by Gasteiger charge is 2.49. The molecule has 5 aliphatic rings. The fraction of sp³-hybridized carbons (Fsp3) is 0.824. The summed E-state index contributed by atoms with van der Waals surface area (Å²) >= 11 is 0. The Morgan fingerprint density at radius 3 is 2.21 bits per heavy atom. The van der Waals surface area contributed by atoms with E-state index in [1.165, 1.54) is 68.6 Å². The molecule has 0 saturated heterocycles. The maximum Gasteiger partial charge on any atom is 0.110 e. The summed E-state index contributed by atoms with van der Waals surface area (Å²) < 4.78 is 0. The second-order valence-electron chi connectivity index (χ2n) is 7.71. The van der Waals surface area contributed by atoms with Crippen LogP contribution in [-0.4, -0.2) is 9.97 Å². The van der Waals surface area contributed by atoms with Crippen molar-refractivity contribution in [2.75, 3.05) is 0 Å². The zero-order valence-corrected chi connectivity index (χ0v) is 11.7. The fourth-order valence-corrected chi connectivity index (χ4v) is 6.00. The van der Waals surface area contributed by atoms with Crippen LogP contribution < -0.4 is 0 Å². The molecule has 5 aliphatic carbocycles. The number of aromatic amines is 1. The number of hydrogen-bond donors (Lipinski definition) is 1. The van der Waals surface area contributed by atoms with Gasteiger partial charge in [-0.05, 0) is 81.5 Å². The first-order valence-corrected chi connectivity index (χ1v) is 8.44. The van der Waals surface area contributed by atoms with Crippen LogP contribution in [0.4, 0.5) is 0 Å². The standard InChI is InChI=1S/C17H24N2/c1-2-4-15-14(3-1)18-17(19-15)16-12-6-10-5-11(8-12)9-13(16)7-10/h10-13,16H,1-9H2,(H,18,19). The Kier molecular flexibility index (Phi) is 2.22. The van der Waals surface area contributed by atoms with Crippen LogP contribution in [0.1, 0.15) is 68.1 Å². The van der Waals surface area contributed by atoms with Gasteiger partial charge in [-0.1, -0.05) is 0 Å². The van der Waals surface area contributed by atoms with Gasteiger partial charge < -0.3 is 4.98 Å². The van der Waals surface area contributed by atoms with Crippen LogP contribution in [-0.2, 0) is 12.8 Å². The summed E-state index contributed by atoms with van der Waals surface area (Å²) in [6, 6.07) is 0. The van der Waals surface area contributed by atoms with E-state index in [0.29, 0.717) is 0 Å². The Morgan fingerprint density at radius 2 is 1.53 bits per heavy atom. The van der Waals surface area contributed by atoms with E-state index in [1.807, 2.05) is 0 Å². The van der Waals surface area contributed by atoms with E-state index in [9.17, 15) is 0 Å². The van der Waals surface area contributed by atoms with Crippen molar-refractivity contribution >= 4 is 0 Å². The lowest BCUT2D eigenvalue weighted by Gasteiger charge is -2.53. The summed E-state index contributed by atoms with van der Waals surface area (Å²) in [4.78, 5) is 8.79. The fourth-order valence-electron chi connectivity index (χ4n) is 6.00. The summed E-state index contributed by atoms with van der Waals surface area (Å²) in [5.41, 5.74) is 2.89. The van der Waals surface area contributed by atoms with Crippen molar-refractivity contribution in [3.05, 3.63) is 17.2 Å². The van der Waals surface area contributed by atoms with Crippen molar-refractivity contribution in [3.8, 4) is 0 Å². The minimum atomic E-state index is 0.790. The van der Waals surface area contributed by atoms with Crippen molar-refractivity contribution < 1.29 is 0 Å². The van der Waals surface area contributed by atoms with Crippen molar-refractivity contribution in [1.29, 1.82) is 0 Å². The van der Waals surface area contributed by atoms with Crippen LogP contribution in [0, 0.1) is 23.7 Å². The SMILES string of the molecule is C1CCc2[nH]c(C3C4CC5CC(C4)CC3C5)nc2C1. The minimum Gasteiger partial charge on any atom is -0.345 e. The van der Waals surface area contributed by atoms with E-state index in [2.05, 4.69) is 4.98 Å². The molecule has 4 saturated carbocycles. The first-order chi connectivity index (χ1) is 9.37. The Balaban J connectivity index is 1.50. The van der Waals surface area contributed by atoms with Gasteiger partial charge in [0.25, 0.3) is 0 Å². The maximum absolute atomic E-state index is 5.04. The summed E-state index contributed by atoms with van der Waals surface area (Å²) in [6.07, 6.45) is 12.7. The topological polar surface area (TPSA) is 28.7 Å². The third-order valence-electron chi connectivity index (χ3n) is 6.52. The predicted molar refractivity (Wildman–Crippen MR) is 75.0 cm³/mol. The lowest BCUT2D eigenvalue weighted by atomic mass is 9.52. The molecule has 1 aromatic rings. The highest BCUT2D eigenvalue weighted by atomic mass is 15.0. The number of fused-ring (bicyclic) bond motifs is 1. The van der Waals surface area contributed by atoms with E-state index in [1.54, 1.807) is 6.42 Å². The van der Waals surface area contributed by atoms with Gasteiger partial charge in [-0.15, -0.1) is 0 Å². The van der Waals surface area contributed by atoms with Gasteiger partial charge in [-0.3, -0.25) is 0 Å². The highest BCUT2D eigenvalue weighted by Crippen LogP contribution is 2.59. The molecule has 19 heavy (non-hydrogen) atoms. The van der Waals surface area contributed by atoms with Crippen LogP contribution in [0.3, 0.4) is 0 Å². The summed E-state index contributed by atoms with van der Waals surface area (Å²) in [5.74, 6) is 6.25. The van der Waals surface area contributed by atoms with Gasteiger partial charge in [-0.2, -0.15) is 0 Å². The van der Waals surface area contributed by atoms with Gasteiger partial charge in [0.05, 0.1) is 5.69 Å². The van der Waals surface area contributed by atoms with E-state index >= 15 is 0 Å². The average molecular weight is 256 g/mol. The Labute approximate surface area is 115 Å². The van der Waals surface area contributed by atoms with Crippen LogP contribution >= 0.6 is 0 Å². The second kappa shape index (κ2) is 3.86. The van der Waals surface area contributed by atoms with Gasteiger partial charge >= 0.3 is 0 Å². The summed E-state index contributed by atoms with van der Waals surface area (Å²) in [5, 5.41) is 0. The number of rotatable bonds is 1. The van der Waals surface area contributed by atoms with Crippen LogP contribution in [0.5, 0.6) is 0 Å². The van der Waals surface area contributed by atoms with Gasteiger partial charge in [0.1, 0.15) is 5.82 Å². The maximum atomic E-state index is 5.04. The molecule has 0 unspecified atom stereocenters. The van der Waals surface area contributed by atoms with Crippen molar-refractivity contribution in [1.82, 2.24) is 9.97 Å². The Morgan fingerprint density at radius 1 is 0.842 bits per heavy atom. The molecule has 0 aromatic carbocycles. The molecule has 6 rings (SSSR count). The molecular formula is C17H24N2. The third kappa shape index (κ3) is 1.58. The molecule has 1 aromatic heterocycles. The molecule has 0 amide bonds. The van der Waals surface area contributed by atoms with E-state index in [0.717, 1.165) is 29.6 Å².